The zero-order valence-electron chi connectivity index (χ0n) is 22.4. The van der Waals surface area contributed by atoms with Crippen LogP contribution >= 0.6 is 11.8 Å². The first-order valence-corrected chi connectivity index (χ1v) is 13.8. The Balaban J connectivity index is 1.98. The van der Waals surface area contributed by atoms with E-state index in [0.717, 1.165) is 27.5 Å². The lowest BCUT2D eigenvalue weighted by molar-refractivity contribution is -0.139. The third-order valence-corrected chi connectivity index (χ3v) is 7.16. The minimum atomic E-state index is -0.730. The SMILES string of the molecule is CCOC(=O)C1=C(C)NC(C)=C(C(=O)OCC)C1c1cn(-c2ccccc2)nc1-c1ccc(SCC)cc1. The highest BCUT2D eigenvalue weighted by atomic mass is 32.2. The van der Waals surface area contributed by atoms with Crippen LogP contribution in [-0.2, 0) is 19.1 Å². The van der Waals surface area contributed by atoms with Crippen LogP contribution in [0.4, 0.5) is 0 Å². The highest BCUT2D eigenvalue weighted by molar-refractivity contribution is 7.99. The molecule has 7 nitrogen and oxygen atoms in total. The van der Waals surface area contributed by atoms with Crippen molar-refractivity contribution in [3.63, 3.8) is 0 Å². The van der Waals surface area contributed by atoms with Crippen molar-refractivity contribution < 1.29 is 19.1 Å². The van der Waals surface area contributed by atoms with Crippen LogP contribution in [0, 0.1) is 0 Å². The Labute approximate surface area is 227 Å². The molecule has 0 fully saturated rings. The molecule has 1 aliphatic heterocycles. The third kappa shape index (κ3) is 5.55. The summed E-state index contributed by atoms with van der Waals surface area (Å²) in [4.78, 5) is 27.8. The fraction of sp³-hybridized carbons (Fsp3) is 0.300. The van der Waals surface area contributed by atoms with Crippen LogP contribution < -0.4 is 5.32 Å². The fourth-order valence-corrected chi connectivity index (χ4v) is 5.34. The molecule has 4 rings (SSSR count). The number of ether oxygens (including phenoxy) is 2. The van der Waals surface area contributed by atoms with E-state index < -0.39 is 17.9 Å². The van der Waals surface area contributed by atoms with Gasteiger partial charge in [-0.25, -0.2) is 14.3 Å². The summed E-state index contributed by atoms with van der Waals surface area (Å²) >= 11 is 1.76. The van der Waals surface area contributed by atoms with Crippen molar-refractivity contribution in [3.05, 3.63) is 88.9 Å². The Kier molecular flexibility index (Phi) is 8.73. The van der Waals surface area contributed by atoms with Gasteiger partial charge in [-0.1, -0.05) is 37.3 Å². The van der Waals surface area contributed by atoms with Crippen LogP contribution in [0.2, 0.25) is 0 Å². The van der Waals surface area contributed by atoms with Crippen molar-refractivity contribution in [2.24, 2.45) is 0 Å². The first kappa shape index (κ1) is 27.3. The lowest BCUT2D eigenvalue weighted by Gasteiger charge is -2.30. The van der Waals surface area contributed by atoms with Gasteiger partial charge in [-0.05, 0) is 57.7 Å². The second-order valence-electron chi connectivity index (χ2n) is 8.75. The number of carbonyl (C=O) groups excluding carboxylic acids is 2. The largest absolute Gasteiger partial charge is 0.463 e. The summed E-state index contributed by atoms with van der Waals surface area (Å²) in [7, 11) is 0. The van der Waals surface area contributed by atoms with Crippen molar-refractivity contribution in [2.45, 2.75) is 45.4 Å². The second kappa shape index (κ2) is 12.2. The van der Waals surface area contributed by atoms with Crippen molar-refractivity contribution in [2.75, 3.05) is 19.0 Å². The summed E-state index contributed by atoms with van der Waals surface area (Å²) in [6.07, 6.45) is 1.90. The highest BCUT2D eigenvalue weighted by Crippen LogP contribution is 2.43. The first-order valence-electron chi connectivity index (χ1n) is 12.8. The van der Waals surface area contributed by atoms with E-state index in [1.165, 1.54) is 0 Å². The molecule has 1 aromatic heterocycles. The van der Waals surface area contributed by atoms with Crippen molar-refractivity contribution in [1.82, 2.24) is 15.1 Å². The molecule has 8 heteroatoms. The van der Waals surface area contributed by atoms with E-state index in [4.69, 9.17) is 14.6 Å². The molecular weight excluding hydrogens is 498 g/mol. The number of para-hydroxylation sites is 1. The molecule has 0 saturated carbocycles. The van der Waals surface area contributed by atoms with Crippen LogP contribution in [0.25, 0.3) is 16.9 Å². The van der Waals surface area contributed by atoms with E-state index in [1.807, 2.05) is 62.5 Å². The van der Waals surface area contributed by atoms with Gasteiger partial charge in [-0.2, -0.15) is 5.10 Å². The van der Waals surface area contributed by atoms with E-state index >= 15 is 0 Å². The zero-order valence-corrected chi connectivity index (χ0v) is 23.2. The molecule has 0 atom stereocenters. The van der Waals surface area contributed by atoms with Gasteiger partial charge in [0.05, 0.1) is 41.7 Å². The van der Waals surface area contributed by atoms with Crippen molar-refractivity contribution in [3.8, 4) is 16.9 Å². The van der Waals surface area contributed by atoms with Crippen molar-refractivity contribution in [1.29, 1.82) is 0 Å². The Hall–Kier alpha value is -3.78. The maximum atomic E-state index is 13.3. The lowest BCUT2D eigenvalue weighted by atomic mass is 9.79. The molecule has 0 saturated heterocycles. The third-order valence-electron chi connectivity index (χ3n) is 6.26. The maximum absolute atomic E-state index is 13.3. The summed E-state index contributed by atoms with van der Waals surface area (Å²) in [5, 5.41) is 8.18. The zero-order chi connectivity index (χ0) is 27.2. The number of dihydropyridines is 1. The van der Waals surface area contributed by atoms with Gasteiger partial charge in [0, 0.05) is 33.6 Å². The summed E-state index contributed by atoms with van der Waals surface area (Å²) in [6, 6.07) is 18.0. The van der Waals surface area contributed by atoms with Gasteiger partial charge in [0.25, 0.3) is 0 Å². The Morgan fingerprint density at radius 1 is 0.895 bits per heavy atom. The van der Waals surface area contributed by atoms with Gasteiger partial charge < -0.3 is 14.8 Å². The number of esters is 2. The molecule has 1 N–H and O–H groups in total. The van der Waals surface area contributed by atoms with Crippen LogP contribution in [-0.4, -0.2) is 40.7 Å². The van der Waals surface area contributed by atoms with Gasteiger partial charge in [0.1, 0.15) is 0 Å². The maximum Gasteiger partial charge on any atom is 0.336 e. The molecule has 0 spiro atoms. The standard InChI is InChI=1S/C30H33N3O4S/c1-6-36-29(34)25-19(4)31-20(5)26(30(35)37-7-2)27(25)24-18-33(22-12-10-9-11-13-22)32-28(24)21-14-16-23(17-15-21)38-8-3/h9-18,27,31H,6-8H2,1-5H3. The molecular formula is C30H33N3O4S. The van der Waals surface area contributed by atoms with Gasteiger partial charge in [-0.3, -0.25) is 0 Å². The van der Waals surface area contributed by atoms with Crippen LogP contribution in [0.5, 0.6) is 0 Å². The van der Waals surface area contributed by atoms with E-state index in [9.17, 15) is 9.59 Å². The number of benzene rings is 2. The molecule has 2 aromatic carbocycles. The molecule has 3 aromatic rings. The van der Waals surface area contributed by atoms with Crippen LogP contribution in [0.1, 0.15) is 46.1 Å². The van der Waals surface area contributed by atoms with Crippen LogP contribution in [0.15, 0.2) is 88.2 Å². The van der Waals surface area contributed by atoms with E-state index in [0.29, 0.717) is 28.2 Å². The van der Waals surface area contributed by atoms with Crippen LogP contribution in [0.3, 0.4) is 0 Å². The average Bonchev–Trinajstić information content (AvgIpc) is 3.35. The van der Waals surface area contributed by atoms with E-state index in [-0.39, 0.29) is 13.2 Å². The molecule has 1 aliphatic rings. The Morgan fingerprint density at radius 2 is 1.47 bits per heavy atom. The molecule has 0 bridgehead atoms. The molecule has 2 heterocycles. The number of aromatic nitrogens is 2. The highest BCUT2D eigenvalue weighted by Gasteiger charge is 2.40. The number of carbonyl (C=O) groups is 2. The van der Waals surface area contributed by atoms with E-state index in [1.54, 1.807) is 30.3 Å². The Morgan fingerprint density at radius 3 is 2.00 bits per heavy atom. The molecule has 0 aliphatic carbocycles. The Bertz CT molecular complexity index is 1330. The topological polar surface area (TPSA) is 82.5 Å². The summed E-state index contributed by atoms with van der Waals surface area (Å²) in [5.74, 6) is -0.719. The van der Waals surface area contributed by atoms with E-state index in [2.05, 4.69) is 24.4 Å². The smallest absolute Gasteiger partial charge is 0.336 e. The van der Waals surface area contributed by atoms with Gasteiger partial charge in [0.2, 0.25) is 0 Å². The number of hydrogen-bond donors (Lipinski definition) is 1. The number of rotatable bonds is 9. The number of thioether (sulfide) groups is 1. The minimum Gasteiger partial charge on any atom is -0.463 e. The molecule has 38 heavy (non-hydrogen) atoms. The van der Waals surface area contributed by atoms with Crippen molar-refractivity contribution >= 4 is 23.7 Å². The van der Waals surface area contributed by atoms with Gasteiger partial charge >= 0.3 is 11.9 Å². The quantitative estimate of drug-likeness (QED) is 0.267. The van der Waals surface area contributed by atoms with Gasteiger partial charge in [0.15, 0.2) is 0 Å². The van der Waals surface area contributed by atoms with Gasteiger partial charge in [-0.15, -0.1) is 11.8 Å². The normalized spacial score (nSPS) is 13.9. The predicted molar refractivity (Wildman–Crippen MR) is 150 cm³/mol. The molecule has 0 amide bonds. The summed E-state index contributed by atoms with van der Waals surface area (Å²) < 4.78 is 12.7. The second-order valence-corrected chi connectivity index (χ2v) is 10.1. The first-order chi connectivity index (χ1) is 18.4. The number of nitrogens with one attached hydrogen (secondary N) is 1. The molecule has 0 radical (unpaired) electrons. The summed E-state index contributed by atoms with van der Waals surface area (Å²) in [5.41, 5.74) is 5.15. The summed E-state index contributed by atoms with van der Waals surface area (Å²) in [6.45, 7) is 9.72. The molecule has 198 valence electrons. The minimum absolute atomic E-state index is 0.215. The molecule has 0 unspecified atom stereocenters. The fourth-order valence-electron chi connectivity index (χ4n) is 4.68. The number of nitrogens with zero attached hydrogens (tertiary/aromatic N) is 2. The predicted octanol–water partition coefficient (Wildman–Crippen LogP) is 6.01. The lowest BCUT2D eigenvalue weighted by Crippen LogP contribution is -2.32. The monoisotopic (exact) mass is 531 g/mol. The number of hydrogen-bond acceptors (Lipinski definition) is 7. The number of allylic oxidation sites excluding steroid dienone is 2. The average molecular weight is 532 g/mol.